The zero-order valence-corrected chi connectivity index (χ0v) is 19.8. The summed E-state index contributed by atoms with van der Waals surface area (Å²) < 4.78 is 38.2. The molecule has 5 nitrogen and oxygen atoms in total. The maximum Gasteiger partial charge on any atom is 0.416 e. The number of likely N-dealkylation sites (tertiary alicyclic amines) is 2. The molecule has 0 saturated carbocycles. The average Bonchev–Trinajstić information content (AvgIpc) is 2.79. The van der Waals surface area contributed by atoms with Crippen molar-refractivity contribution >= 4 is 11.8 Å². The Kier molecular flexibility index (Phi) is 8.43. The van der Waals surface area contributed by atoms with Crippen LogP contribution in [0.4, 0.5) is 13.2 Å². The van der Waals surface area contributed by atoms with Gasteiger partial charge in [-0.15, -0.1) is 0 Å². The standard InChI is InChI=1S/C25H36F3N3O2/c1-17(2)22(30-12-8-18(3)9-13-30)16-29-23(32)19-10-14-31(15-11-19)24(33)20-4-6-21(7-5-20)25(26,27)28/h4-7,17-19,22H,8-16H2,1-3H3,(H,29,32). The second-order valence-corrected chi connectivity index (χ2v) is 9.92. The molecule has 2 fully saturated rings. The lowest BCUT2D eigenvalue weighted by molar-refractivity contribution is -0.137. The van der Waals surface area contributed by atoms with E-state index in [9.17, 15) is 22.8 Å². The average molecular weight is 468 g/mol. The van der Waals surface area contributed by atoms with E-state index in [-0.39, 0.29) is 23.3 Å². The first kappa shape index (κ1) is 25.5. The van der Waals surface area contributed by atoms with E-state index in [0.29, 0.717) is 44.4 Å². The summed E-state index contributed by atoms with van der Waals surface area (Å²) in [7, 11) is 0. The van der Waals surface area contributed by atoms with Gasteiger partial charge >= 0.3 is 6.18 Å². The van der Waals surface area contributed by atoms with Crippen molar-refractivity contribution in [1.82, 2.24) is 15.1 Å². The molecule has 2 saturated heterocycles. The van der Waals surface area contributed by atoms with Gasteiger partial charge in [0, 0.05) is 37.2 Å². The monoisotopic (exact) mass is 467 g/mol. The Morgan fingerprint density at radius 3 is 2.09 bits per heavy atom. The number of hydrogen-bond acceptors (Lipinski definition) is 3. The molecule has 3 rings (SSSR count). The van der Waals surface area contributed by atoms with Crippen LogP contribution in [0.2, 0.25) is 0 Å². The third-order valence-electron chi connectivity index (χ3n) is 7.15. The normalized spacial score (nSPS) is 20.2. The first-order chi connectivity index (χ1) is 15.6. The van der Waals surface area contributed by atoms with Crippen molar-refractivity contribution in [3.05, 3.63) is 35.4 Å². The number of carbonyl (C=O) groups is 2. The molecule has 1 atom stereocenters. The Bertz CT molecular complexity index is 794. The van der Waals surface area contributed by atoms with Crippen molar-refractivity contribution in [3.63, 3.8) is 0 Å². The summed E-state index contributed by atoms with van der Waals surface area (Å²) in [5.74, 6) is 0.811. The Balaban J connectivity index is 1.47. The van der Waals surface area contributed by atoms with Gasteiger partial charge in [0.15, 0.2) is 0 Å². The van der Waals surface area contributed by atoms with Gasteiger partial charge in [-0.3, -0.25) is 14.5 Å². The number of benzene rings is 1. The molecule has 0 spiro atoms. The van der Waals surface area contributed by atoms with Gasteiger partial charge in [0.05, 0.1) is 5.56 Å². The van der Waals surface area contributed by atoms with Crippen LogP contribution in [0.1, 0.15) is 62.4 Å². The largest absolute Gasteiger partial charge is 0.416 e. The number of alkyl halides is 3. The quantitative estimate of drug-likeness (QED) is 0.674. The first-order valence-electron chi connectivity index (χ1n) is 12.0. The molecule has 8 heteroatoms. The zero-order valence-electron chi connectivity index (χ0n) is 19.8. The van der Waals surface area contributed by atoms with Crippen molar-refractivity contribution in [2.45, 2.75) is 58.7 Å². The zero-order chi connectivity index (χ0) is 24.2. The van der Waals surface area contributed by atoms with Crippen LogP contribution in [-0.4, -0.2) is 60.4 Å². The van der Waals surface area contributed by atoms with Gasteiger partial charge in [-0.25, -0.2) is 0 Å². The highest BCUT2D eigenvalue weighted by Crippen LogP contribution is 2.29. The minimum absolute atomic E-state index is 0.0349. The lowest BCUT2D eigenvalue weighted by atomic mass is 9.93. The summed E-state index contributed by atoms with van der Waals surface area (Å²) in [5, 5.41) is 3.15. The van der Waals surface area contributed by atoms with Crippen LogP contribution in [-0.2, 0) is 11.0 Å². The van der Waals surface area contributed by atoms with E-state index < -0.39 is 11.7 Å². The highest BCUT2D eigenvalue weighted by atomic mass is 19.4. The molecule has 0 aromatic heterocycles. The molecule has 2 aliphatic heterocycles. The lowest BCUT2D eigenvalue weighted by Gasteiger charge is -2.39. The minimum atomic E-state index is -4.42. The maximum absolute atomic E-state index is 12.8. The van der Waals surface area contributed by atoms with Gasteiger partial charge < -0.3 is 10.2 Å². The van der Waals surface area contributed by atoms with Gasteiger partial charge in [-0.1, -0.05) is 20.8 Å². The summed E-state index contributed by atoms with van der Waals surface area (Å²) in [5.41, 5.74) is -0.533. The number of halogens is 3. The van der Waals surface area contributed by atoms with Crippen LogP contribution in [0, 0.1) is 17.8 Å². The Hall–Kier alpha value is -2.09. The van der Waals surface area contributed by atoms with Crippen LogP contribution in [0.5, 0.6) is 0 Å². The number of nitrogens with zero attached hydrogens (tertiary/aromatic N) is 2. The predicted octanol–water partition coefficient (Wildman–Crippen LogP) is 4.43. The SMILES string of the molecule is CC1CCN(C(CNC(=O)C2CCN(C(=O)c3ccc(C(F)(F)F)cc3)CC2)C(C)C)CC1. The molecule has 184 valence electrons. The van der Waals surface area contributed by atoms with Crippen molar-refractivity contribution in [1.29, 1.82) is 0 Å². The van der Waals surface area contributed by atoms with E-state index in [0.717, 1.165) is 31.1 Å². The van der Waals surface area contributed by atoms with Gasteiger partial charge in [0.25, 0.3) is 5.91 Å². The van der Waals surface area contributed by atoms with E-state index >= 15 is 0 Å². The molecule has 0 bridgehead atoms. The second-order valence-electron chi connectivity index (χ2n) is 9.92. The van der Waals surface area contributed by atoms with E-state index in [1.165, 1.54) is 25.0 Å². The fraction of sp³-hybridized carbons (Fsp3) is 0.680. The molecule has 2 heterocycles. The fourth-order valence-corrected chi connectivity index (χ4v) is 4.83. The number of piperidine rings is 2. The van der Waals surface area contributed by atoms with Gasteiger partial charge in [-0.05, 0) is 74.9 Å². The van der Waals surface area contributed by atoms with E-state index in [1.54, 1.807) is 4.90 Å². The third kappa shape index (κ3) is 6.71. The second kappa shape index (κ2) is 10.9. The summed E-state index contributed by atoms with van der Waals surface area (Å²) in [6.45, 7) is 10.3. The van der Waals surface area contributed by atoms with Crippen molar-refractivity contribution in [2.75, 3.05) is 32.7 Å². The summed E-state index contributed by atoms with van der Waals surface area (Å²) in [6.07, 6.45) is -0.906. The molecular weight excluding hydrogens is 431 g/mol. The minimum Gasteiger partial charge on any atom is -0.354 e. The van der Waals surface area contributed by atoms with Crippen LogP contribution in [0.3, 0.4) is 0 Å². The van der Waals surface area contributed by atoms with Gasteiger partial charge in [-0.2, -0.15) is 13.2 Å². The van der Waals surface area contributed by atoms with Gasteiger partial charge in [0.1, 0.15) is 0 Å². The Morgan fingerprint density at radius 1 is 1.00 bits per heavy atom. The number of rotatable bonds is 6. The number of carbonyl (C=O) groups excluding carboxylic acids is 2. The summed E-state index contributed by atoms with van der Waals surface area (Å²) in [6, 6.07) is 4.63. The Labute approximate surface area is 194 Å². The maximum atomic E-state index is 12.8. The van der Waals surface area contributed by atoms with Crippen LogP contribution < -0.4 is 5.32 Å². The molecule has 33 heavy (non-hydrogen) atoms. The topological polar surface area (TPSA) is 52.7 Å². The van der Waals surface area contributed by atoms with Crippen LogP contribution in [0.25, 0.3) is 0 Å². The number of hydrogen-bond donors (Lipinski definition) is 1. The van der Waals surface area contributed by atoms with Crippen LogP contribution in [0.15, 0.2) is 24.3 Å². The van der Waals surface area contributed by atoms with E-state index in [1.807, 2.05) is 0 Å². The highest BCUT2D eigenvalue weighted by molar-refractivity contribution is 5.94. The number of amides is 2. The Morgan fingerprint density at radius 2 is 1.58 bits per heavy atom. The molecule has 0 radical (unpaired) electrons. The predicted molar refractivity (Wildman–Crippen MR) is 122 cm³/mol. The fourth-order valence-electron chi connectivity index (χ4n) is 4.83. The van der Waals surface area contributed by atoms with Gasteiger partial charge in [0.2, 0.25) is 5.91 Å². The molecule has 1 aromatic carbocycles. The molecule has 1 N–H and O–H groups in total. The first-order valence-corrected chi connectivity index (χ1v) is 12.0. The highest BCUT2D eigenvalue weighted by Gasteiger charge is 2.32. The summed E-state index contributed by atoms with van der Waals surface area (Å²) in [4.78, 5) is 29.6. The third-order valence-corrected chi connectivity index (χ3v) is 7.15. The van der Waals surface area contributed by atoms with Crippen molar-refractivity contribution < 1.29 is 22.8 Å². The summed E-state index contributed by atoms with van der Waals surface area (Å²) >= 11 is 0. The molecule has 0 aliphatic carbocycles. The lowest BCUT2D eigenvalue weighted by Crippen LogP contribution is -2.51. The molecule has 1 aromatic rings. The van der Waals surface area contributed by atoms with Crippen molar-refractivity contribution in [3.8, 4) is 0 Å². The molecule has 2 amide bonds. The van der Waals surface area contributed by atoms with Crippen LogP contribution >= 0.6 is 0 Å². The molecular formula is C25H36F3N3O2. The molecule has 2 aliphatic rings. The number of nitrogens with one attached hydrogen (secondary N) is 1. The smallest absolute Gasteiger partial charge is 0.354 e. The molecule has 1 unspecified atom stereocenters. The van der Waals surface area contributed by atoms with Crippen molar-refractivity contribution in [2.24, 2.45) is 17.8 Å². The van der Waals surface area contributed by atoms with E-state index in [2.05, 4.69) is 31.0 Å². The van der Waals surface area contributed by atoms with E-state index in [4.69, 9.17) is 0 Å².